The summed E-state index contributed by atoms with van der Waals surface area (Å²) in [7, 11) is 0. The van der Waals surface area contributed by atoms with Crippen LogP contribution < -0.4 is 10.1 Å². The van der Waals surface area contributed by atoms with E-state index in [1.54, 1.807) is 12.1 Å². The Labute approximate surface area is 122 Å². The molecular formula is C17H16FNO2. The molecule has 1 atom stereocenters. The highest BCUT2D eigenvalue weighted by Gasteiger charge is 2.23. The molecule has 0 spiro atoms. The zero-order chi connectivity index (χ0) is 14.7. The third kappa shape index (κ3) is 3.21. The van der Waals surface area contributed by atoms with Gasteiger partial charge in [0.25, 0.3) is 5.91 Å². The largest absolute Gasteiger partial charge is 0.484 e. The minimum Gasteiger partial charge on any atom is -0.484 e. The zero-order valence-corrected chi connectivity index (χ0v) is 11.5. The molecule has 0 saturated carbocycles. The van der Waals surface area contributed by atoms with Gasteiger partial charge in [-0.15, -0.1) is 0 Å². The van der Waals surface area contributed by atoms with Gasteiger partial charge in [-0.1, -0.05) is 30.3 Å². The highest BCUT2D eigenvalue weighted by atomic mass is 19.1. The van der Waals surface area contributed by atoms with Crippen LogP contribution in [0.1, 0.15) is 23.6 Å². The second kappa shape index (κ2) is 5.95. The Morgan fingerprint density at radius 1 is 1.24 bits per heavy atom. The van der Waals surface area contributed by atoms with Crippen LogP contribution in [0.4, 0.5) is 4.39 Å². The lowest BCUT2D eigenvalue weighted by Gasteiger charge is -2.14. The van der Waals surface area contributed by atoms with Crippen LogP contribution in [0.5, 0.6) is 5.75 Å². The molecule has 21 heavy (non-hydrogen) atoms. The monoisotopic (exact) mass is 285 g/mol. The summed E-state index contributed by atoms with van der Waals surface area (Å²) < 4.78 is 18.3. The smallest absolute Gasteiger partial charge is 0.258 e. The summed E-state index contributed by atoms with van der Waals surface area (Å²) in [5.74, 6) is -0.212. The van der Waals surface area contributed by atoms with Crippen LogP contribution >= 0.6 is 0 Å². The van der Waals surface area contributed by atoms with Crippen molar-refractivity contribution in [3.05, 3.63) is 65.5 Å². The second-order valence-corrected chi connectivity index (χ2v) is 5.10. The molecule has 0 fully saturated rings. The Morgan fingerprint density at radius 3 is 2.95 bits per heavy atom. The number of fused-ring (bicyclic) bond motifs is 1. The van der Waals surface area contributed by atoms with E-state index in [0.29, 0.717) is 5.75 Å². The molecule has 0 heterocycles. The molecule has 0 bridgehead atoms. The Bertz CT molecular complexity index is 657. The first-order valence-corrected chi connectivity index (χ1v) is 6.98. The van der Waals surface area contributed by atoms with Gasteiger partial charge in [0.2, 0.25) is 0 Å². The van der Waals surface area contributed by atoms with Crippen molar-refractivity contribution in [1.29, 1.82) is 0 Å². The predicted molar refractivity (Wildman–Crippen MR) is 77.5 cm³/mol. The number of hydrogen-bond donors (Lipinski definition) is 1. The predicted octanol–water partition coefficient (Wildman–Crippen LogP) is 3.01. The lowest BCUT2D eigenvalue weighted by atomic mass is 10.1. The van der Waals surface area contributed by atoms with Crippen LogP contribution in [0, 0.1) is 5.82 Å². The van der Waals surface area contributed by atoms with E-state index in [9.17, 15) is 9.18 Å². The molecule has 3 rings (SSSR count). The lowest BCUT2D eigenvalue weighted by molar-refractivity contribution is -0.123. The average molecular weight is 285 g/mol. The van der Waals surface area contributed by atoms with Gasteiger partial charge in [-0.05, 0) is 36.1 Å². The molecule has 3 nitrogen and oxygen atoms in total. The normalized spacial score (nSPS) is 16.3. The number of rotatable bonds is 4. The van der Waals surface area contributed by atoms with Crippen LogP contribution in [0.3, 0.4) is 0 Å². The summed E-state index contributed by atoms with van der Waals surface area (Å²) in [6, 6.07) is 13.9. The molecule has 1 amide bonds. The van der Waals surface area contributed by atoms with Gasteiger partial charge in [-0.25, -0.2) is 4.39 Å². The third-order valence-corrected chi connectivity index (χ3v) is 3.63. The van der Waals surface area contributed by atoms with Gasteiger partial charge in [0.15, 0.2) is 6.61 Å². The highest BCUT2D eigenvalue weighted by molar-refractivity contribution is 5.78. The standard InChI is InChI=1S/C17H16FNO2/c18-13-5-3-6-14(10-13)21-11-17(20)19-16-9-8-12-4-1-2-7-15(12)16/h1-7,10,16H,8-9,11H2,(H,19,20). The van der Waals surface area contributed by atoms with Crippen molar-refractivity contribution in [2.24, 2.45) is 0 Å². The van der Waals surface area contributed by atoms with Gasteiger partial charge in [0.05, 0.1) is 6.04 Å². The first-order valence-electron chi connectivity index (χ1n) is 6.98. The minimum absolute atomic E-state index is 0.0461. The van der Waals surface area contributed by atoms with Crippen LogP contribution in [0.15, 0.2) is 48.5 Å². The van der Waals surface area contributed by atoms with E-state index >= 15 is 0 Å². The molecule has 4 heteroatoms. The van der Waals surface area contributed by atoms with Crippen molar-refractivity contribution in [2.75, 3.05) is 6.61 Å². The van der Waals surface area contributed by atoms with Crippen molar-refractivity contribution >= 4 is 5.91 Å². The van der Waals surface area contributed by atoms with Crippen molar-refractivity contribution < 1.29 is 13.9 Å². The average Bonchev–Trinajstić information content (AvgIpc) is 2.89. The van der Waals surface area contributed by atoms with Crippen LogP contribution in [0.25, 0.3) is 0 Å². The second-order valence-electron chi connectivity index (χ2n) is 5.10. The van der Waals surface area contributed by atoms with Crippen LogP contribution in [-0.2, 0) is 11.2 Å². The van der Waals surface area contributed by atoms with Crippen molar-refractivity contribution in [2.45, 2.75) is 18.9 Å². The maximum Gasteiger partial charge on any atom is 0.258 e. The highest BCUT2D eigenvalue weighted by Crippen LogP contribution is 2.30. The number of carbonyl (C=O) groups excluding carboxylic acids is 1. The van der Waals surface area contributed by atoms with E-state index in [-0.39, 0.29) is 24.4 Å². The van der Waals surface area contributed by atoms with E-state index in [0.717, 1.165) is 12.8 Å². The fraction of sp³-hybridized carbons (Fsp3) is 0.235. The number of amides is 1. The number of benzene rings is 2. The zero-order valence-electron chi connectivity index (χ0n) is 11.5. The summed E-state index contributed by atoms with van der Waals surface area (Å²) in [4.78, 5) is 11.9. The Hall–Kier alpha value is -2.36. The topological polar surface area (TPSA) is 38.3 Å². The van der Waals surface area contributed by atoms with E-state index in [1.807, 2.05) is 18.2 Å². The first-order chi connectivity index (χ1) is 10.2. The van der Waals surface area contributed by atoms with E-state index in [4.69, 9.17) is 4.74 Å². The van der Waals surface area contributed by atoms with E-state index in [1.165, 1.54) is 23.3 Å². The van der Waals surface area contributed by atoms with Crippen LogP contribution in [-0.4, -0.2) is 12.5 Å². The summed E-state index contributed by atoms with van der Waals surface area (Å²) in [6.07, 6.45) is 1.89. The molecule has 0 saturated heterocycles. The molecular weight excluding hydrogens is 269 g/mol. The SMILES string of the molecule is O=C(COc1cccc(F)c1)NC1CCc2ccccc21. The van der Waals surface area contributed by atoms with Gasteiger partial charge >= 0.3 is 0 Å². The lowest BCUT2D eigenvalue weighted by Crippen LogP contribution is -2.31. The van der Waals surface area contributed by atoms with Gasteiger partial charge in [0.1, 0.15) is 11.6 Å². The summed E-state index contributed by atoms with van der Waals surface area (Å²) in [5, 5.41) is 2.96. The summed E-state index contributed by atoms with van der Waals surface area (Å²) in [6.45, 7) is -0.109. The van der Waals surface area contributed by atoms with Gasteiger partial charge in [-0.2, -0.15) is 0 Å². The molecule has 1 N–H and O–H groups in total. The molecule has 1 aliphatic carbocycles. The number of aryl methyl sites for hydroxylation is 1. The van der Waals surface area contributed by atoms with Crippen molar-refractivity contribution in [1.82, 2.24) is 5.32 Å². The molecule has 1 aliphatic rings. The Balaban J connectivity index is 1.56. The maximum absolute atomic E-state index is 13.0. The fourth-order valence-corrected chi connectivity index (χ4v) is 2.65. The molecule has 2 aromatic rings. The molecule has 0 radical (unpaired) electrons. The molecule has 1 unspecified atom stereocenters. The first kappa shape index (κ1) is 13.6. The number of halogens is 1. The van der Waals surface area contributed by atoms with Gasteiger partial charge < -0.3 is 10.1 Å². The van der Waals surface area contributed by atoms with E-state index < -0.39 is 0 Å². The Morgan fingerprint density at radius 2 is 2.10 bits per heavy atom. The fourth-order valence-electron chi connectivity index (χ4n) is 2.65. The van der Waals surface area contributed by atoms with Gasteiger partial charge in [0, 0.05) is 6.07 Å². The number of nitrogens with one attached hydrogen (secondary N) is 1. The number of carbonyl (C=O) groups is 1. The number of ether oxygens (including phenoxy) is 1. The minimum atomic E-state index is -0.377. The number of hydrogen-bond acceptors (Lipinski definition) is 2. The van der Waals surface area contributed by atoms with Crippen molar-refractivity contribution in [3.8, 4) is 5.75 Å². The molecule has 0 aliphatic heterocycles. The molecule has 0 aromatic heterocycles. The maximum atomic E-state index is 13.0. The molecule has 2 aromatic carbocycles. The third-order valence-electron chi connectivity index (χ3n) is 3.63. The Kier molecular flexibility index (Phi) is 3.86. The summed E-state index contributed by atoms with van der Waals surface area (Å²) >= 11 is 0. The van der Waals surface area contributed by atoms with E-state index in [2.05, 4.69) is 11.4 Å². The van der Waals surface area contributed by atoms with Crippen LogP contribution in [0.2, 0.25) is 0 Å². The quantitative estimate of drug-likeness (QED) is 0.937. The summed E-state index contributed by atoms with van der Waals surface area (Å²) in [5.41, 5.74) is 2.46. The molecule has 108 valence electrons. The van der Waals surface area contributed by atoms with Crippen molar-refractivity contribution in [3.63, 3.8) is 0 Å². The van der Waals surface area contributed by atoms with Gasteiger partial charge in [-0.3, -0.25) is 4.79 Å².